The first-order valence-corrected chi connectivity index (χ1v) is 5.14. The summed E-state index contributed by atoms with van der Waals surface area (Å²) in [6.45, 7) is 6.93. The minimum absolute atomic E-state index is 0.380. The topological polar surface area (TPSA) is 23.8 Å². The largest absolute Gasteiger partial charge is 0.193 e. The van der Waals surface area contributed by atoms with Crippen LogP contribution in [-0.2, 0) is 0 Å². The van der Waals surface area contributed by atoms with Gasteiger partial charge in [0.25, 0.3) is 0 Å². The molecule has 0 aromatic carbocycles. The molecule has 1 aliphatic carbocycles. The lowest BCUT2D eigenvalue weighted by Crippen LogP contribution is -2.32. The van der Waals surface area contributed by atoms with E-state index in [4.69, 9.17) is 5.26 Å². The molecule has 1 saturated carbocycles. The first-order chi connectivity index (χ1) is 6.08. The van der Waals surface area contributed by atoms with Gasteiger partial charge in [-0.15, -0.1) is 0 Å². The number of hydrogen-bond donors (Lipinski definition) is 0. The molecule has 0 aromatic rings. The minimum Gasteiger partial charge on any atom is -0.193 e. The molecule has 13 heavy (non-hydrogen) atoms. The number of hydrogen-bond acceptors (Lipinski definition) is 1. The quantitative estimate of drug-likeness (QED) is 0.562. The highest BCUT2D eigenvalue weighted by molar-refractivity contribution is 5.08. The number of nitriles is 1. The standard InChI is InChI=1S/C12H19N/c1-10-6-4-8-12(2,3)11(10)7-5-9-13/h5,7,10-11H,4,6,8H2,1-3H3/b7-5+/t10-,11+/m1/s1. The minimum atomic E-state index is 0.380. The predicted octanol–water partition coefficient (Wildman–Crippen LogP) is 3.53. The fraction of sp³-hybridized carbons (Fsp3) is 0.750. The smallest absolute Gasteiger partial charge is 0.0908 e. The molecule has 0 bridgehead atoms. The van der Waals surface area contributed by atoms with Gasteiger partial charge in [-0.05, 0) is 23.7 Å². The molecule has 0 N–H and O–H groups in total. The Bertz CT molecular complexity index is 232. The van der Waals surface area contributed by atoms with Crippen molar-refractivity contribution < 1.29 is 0 Å². The van der Waals surface area contributed by atoms with Crippen molar-refractivity contribution in [1.29, 1.82) is 5.26 Å². The van der Waals surface area contributed by atoms with E-state index < -0.39 is 0 Å². The second-order valence-electron chi connectivity index (χ2n) is 4.87. The predicted molar refractivity (Wildman–Crippen MR) is 55.0 cm³/mol. The van der Waals surface area contributed by atoms with Crippen LogP contribution in [0.25, 0.3) is 0 Å². The maximum absolute atomic E-state index is 8.52. The van der Waals surface area contributed by atoms with E-state index in [0.29, 0.717) is 11.3 Å². The third-order valence-corrected chi connectivity index (χ3v) is 3.37. The lowest BCUT2D eigenvalue weighted by molar-refractivity contribution is 0.123. The molecule has 0 unspecified atom stereocenters. The molecule has 0 spiro atoms. The van der Waals surface area contributed by atoms with Gasteiger partial charge in [-0.3, -0.25) is 0 Å². The molecule has 1 nitrogen and oxygen atoms in total. The fourth-order valence-electron chi connectivity index (χ4n) is 2.59. The Kier molecular flexibility index (Phi) is 3.14. The summed E-state index contributed by atoms with van der Waals surface area (Å²) in [4.78, 5) is 0. The van der Waals surface area contributed by atoms with Crippen molar-refractivity contribution in [1.82, 2.24) is 0 Å². The van der Waals surface area contributed by atoms with Crippen LogP contribution < -0.4 is 0 Å². The van der Waals surface area contributed by atoms with Gasteiger partial charge in [0.15, 0.2) is 0 Å². The number of rotatable bonds is 1. The first kappa shape index (κ1) is 10.3. The van der Waals surface area contributed by atoms with Crippen LogP contribution in [0, 0.1) is 28.6 Å². The van der Waals surface area contributed by atoms with Crippen molar-refractivity contribution in [3.05, 3.63) is 12.2 Å². The van der Waals surface area contributed by atoms with E-state index in [-0.39, 0.29) is 0 Å². The molecule has 1 aliphatic rings. The van der Waals surface area contributed by atoms with Crippen molar-refractivity contribution in [2.24, 2.45) is 17.3 Å². The summed E-state index contributed by atoms with van der Waals surface area (Å²) >= 11 is 0. The van der Waals surface area contributed by atoms with Crippen LogP contribution in [-0.4, -0.2) is 0 Å². The van der Waals surface area contributed by atoms with Gasteiger partial charge in [0.05, 0.1) is 6.07 Å². The highest BCUT2D eigenvalue weighted by Crippen LogP contribution is 2.44. The lowest BCUT2D eigenvalue weighted by Gasteiger charge is -2.41. The van der Waals surface area contributed by atoms with Gasteiger partial charge in [-0.2, -0.15) is 5.26 Å². The van der Waals surface area contributed by atoms with Crippen LogP contribution in [0.5, 0.6) is 0 Å². The summed E-state index contributed by atoms with van der Waals surface area (Å²) in [5.74, 6) is 1.31. The molecule has 1 rings (SSSR count). The summed E-state index contributed by atoms with van der Waals surface area (Å²) < 4.78 is 0. The molecule has 1 heteroatoms. The van der Waals surface area contributed by atoms with E-state index in [0.717, 1.165) is 5.92 Å². The molecule has 1 fully saturated rings. The Balaban J connectivity index is 2.76. The lowest BCUT2D eigenvalue weighted by atomic mass is 9.64. The molecular weight excluding hydrogens is 158 g/mol. The maximum atomic E-state index is 8.52. The average molecular weight is 177 g/mol. The van der Waals surface area contributed by atoms with E-state index >= 15 is 0 Å². The maximum Gasteiger partial charge on any atom is 0.0908 e. The molecule has 72 valence electrons. The van der Waals surface area contributed by atoms with Gasteiger partial charge >= 0.3 is 0 Å². The van der Waals surface area contributed by atoms with Crippen LogP contribution >= 0.6 is 0 Å². The zero-order valence-corrected chi connectivity index (χ0v) is 8.88. The average Bonchev–Trinajstić information content (AvgIpc) is 2.02. The third kappa shape index (κ3) is 2.34. The Labute approximate surface area is 81.5 Å². The molecule has 0 saturated heterocycles. The fourth-order valence-corrected chi connectivity index (χ4v) is 2.59. The number of allylic oxidation sites excluding steroid dienone is 2. The molecule has 0 radical (unpaired) electrons. The van der Waals surface area contributed by atoms with Crippen molar-refractivity contribution >= 4 is 0 Å². The van der Waals surface area contributed by atoms with E-state index in [9.17, 15) is 0 Å². The van der Waals surface area contributed by atoms with E-state index in [1.54, 1.807) is 6.08 Å². The van der Waals surface area contributed by atoms with Crippen LogP contribution in [0.3, 0.4) is 0 Å². The number of nitrogens with zero attached hydrogens (tertiary/aromatic N) is 1. The molecule has 2 atom stereocenters. The summed E-state index contributed by atoms with van der Waals surface area (Å²) in [5, 5.41) is 8.52. The summed E-state index contributed by atoms with van der Waals surface area (Å²) in [6, 6.07) is 2.09. The van der Waals surface area contributed by atoms with Crippen LogP contribution in [0.1, 0.15) is 40.0 Å². The monoisotopic (exact) mass is 177 g/mol. The van der Waals surface area contributed by atoms with E-state index in [2.05, 4.69) is 32.9 Å². The van der Waals surface area contributed by atoms with E-state index in [1.165, 1.54) is 19.3 Å². The Morgan fingerprint density at radius 2 is 2.15 bits per heavy atom. The van der Waals surface area contributed by atoms with Gasteiger partial charge in [-0.1, -0.05) is 39.7 Å². The van der Waals surface area contributed by atoms with Crippen LogP contribution in [0.4, 0.5) is 0 Å². The molecule has 0 amide bonds. The Morgan fingerprint density at radius 3 is 2.69 bits per heavy atom. The first-order valence-electron chi connectivity index (χ1n) is 5.14. The van der Waals surface area contributed by atoms with Gasteiger partial charge in [-0.25, -0.2) is 0 Å². The molecular formula is C12H19N. The molecule has 0 heterocycles. The summed E-state index contributed by atoms with van der Waals surface area (Å²) in [5.41, 5.74) is 0.380. The van der Waals surface area contributed by atoms with Crippen LogP contribution in [0.2, 0.25) is 0 Å². The summed E-state index contributed by atoms with van der Waals surface area (Å²) in [6.07, 6.45) is 7.69. The molecule has 0 aromatic heterocycles. The van der Waals surface area contributed by atoms with Crippen molar-refractivity contribution in [3.63, 3.8) is 0 Å². The van der Waals surface area contributed by atoms with Crippen molar-refractivity contribution in [2.45, 2.75) is 40.0 Å². The van der Waals surface area contributed by atoms with Gasteiger partial charge in [0.1, 0.15) is 0 Å². The van der Waals surface area contributed by atoms with Gasteiger partial charge in [0, 0.05) is 6.08 Å². The highest BCUT2D eigenvalue weighted by Gasteiger charge is 2.34. The third-order valence-electron chi connectivity index (χ3n) is 3.37. The second kappa shape index (κ2) is 3.96. The van der Waals surface area contributed by atoms with Crippen molar-refractivity contribution in [3.8, 4) is 6.07 Å². The normalized spacial score (nSPS) is 33.1. The van der Waals surface area contributed by atoms with Gasteiger partial charge < -0.3 is 0 Å². The zero-order valence-electron chi connectivity index (χ0n) is 8.88. The highest BCUT2D eigenvalue weighted by atomic mass is 14.4. The molecule has 0 aliphatic heterocycles. The van der Waals surface area contributed by atoms with Crippen molar-refractivity contribution in [2.75, 3.05) is 0 Å². The van der Waals surface area contributed by atoms with E-state index in [1.807, 2.05) is 0 Å². The summed E-state index contributed by atoms with van der Waals surface area (Å²) in [7, 11) is 0. The Hall–Kier alpha value is -0.770. The van der Waals surface area contributed by atoms with Gasteiger partial charge in [0.2, 0.25) is 0 Å². The SMILES string of the molecule is C[C@@H]1CCCC(C)(C)[C@H]1/C=C/C#N. The Morgan fingerprint density at radius 1 is 1.46 bits per heavy atom. The zero-order chi connectivity index (χ0) is 9.90. The van der Waals surface area contributed by atoms with Crippen LogP contribution in [0.15, 0.2) is 12.2 Å². The second-order valence-corrected chi connectivity index (χ2v) is 4.87.